The van der Waals surface area contributed by atoms with E-state index in [1.807, 2.05) is 20.8 Å². The number of hydrogen-bond donors (Lipinski definition) is 4. The number of Topliss-reactive ketones (excluding diaryl/α,β-unsaturated/α-hetero) is 4. The smallest absolute Gasteiger partial charge is 0.235 e. The first-order valence-electron chi connectivity index (χ1n) is 12.6. The Morgan fingerprint density at radius 3 is 2.39 bits per heavy atom. The number of halogens is 1. The van der Waals surface area contributed by atoms with E-state index in [2.05, 4.69) is 5.32 Å². The lowest BCUT2D eigenvalue weighted by Crippen LogP contribution is -2.74. The summed E-state index contributed by atoms with van der Waals surface area (Å²) in [7, 11) is 3.01. The van der Waals surface area contributed by atoms with Crippen molar-refractivity contribution in [2.24, 2.45) is 34.8 Å². The van der Waals surface area contributed by atoms with Crippen molar-refractivity contribution in [3.8, 4) is 5.75 Å². The van der Waals surface area contributed by atoms with Crippen LogP contribution in [0.25, 0.3) is 0 Å². The van der Waals surface area contributed by atoms with E-state index in [4.69, 9.17) is 5.73 Å². The van der Waals surface area contributed by atoms with Crippen molar-refractivity contribution >= 4 is 29.0 Å². The molecule has 0 aliphatic heterocycles. The third-order valence-corrected chi connectivity index (χ3v) is 8.04. The Bertz CT molecular complexity index is 1250. The Kier molecular flexibility index (Phi) is 6.87. The highest BCUT2D eigenvalue weighted by atomic mass is 19.1. The molecular formula is C27H34FN3O7. The monoisotopic (exact) mass is 531 g/mol. The molecule has 206 valence electrons. The summed E-state index contributed by atoms with van der Waals surface area (Å²) in [6.45, 7) is 6.70. The maximum Gasteiger partial charge on any atom is 0.235 e. The van der Waals surface area contributed by atoms with Crippen LogP contribution in [-0.4, -0.2) is 76.4 Å². The summed E-state index contributed by atoms with van der Waals surface area (Å²) in [6.07, 6.45) is -0.241. The second-order valence-corrected chi connectivity index (χ2v) is 12.2. The van der Waals surface area contributed by atoms with Gasteiger partial charge in [-0.05, 0) is 44.3 Å². The fourth-order valence-electron chi connectivity index (χ4n) is 6.41. The average Bonchev–Trinajstić information content (AvgIpc) is 2.78. The van der Waals surface area contributed by atoms with Gasteiger partial charge in [0.25, 0.3) is 0 Å². The summed E-state index contributed by atoms with van der Waals surface area (Å²) < 4.78 is 15.7. The van der Waals surface area contributed by atoms with Gasteiger partial charge in [-0.1, -0.05) is 20.8 Å². The minimum absolute atomic E-state index is 0.0353. The molecule has 2 fully saturated rings. The predicted octanol–water partition coefficient (Wildman–Crippen LogP) is 0.142. The number of hydrogen-bond acceptors (Lipinski definition) is 9. The number of carbonyl (C=O) groups is 5. The van der Waals surface area contributed by atoms with Crippen LogP contribution < -0.4 is 11.1 Å². The Labute approximate surface area is 219 Å². The van der Waals surface area contributed by atoms with Crippen LogP contribution in [0.15, 0.2) is 6.07 Å². The standard InChI is InChI=1S/C27H34FN3O7/c1-26(2,3)10-30-9-12-8-15(32)17-13(19(12)28)6-11-7-14-20(31(4)5)22(34)18(25(29)37)24(36)27(14,38)23(35)16(11)21(17)33/h8,11,14,16,18,20,30,32,38H,6-7,9-10H2,1-5H3,(H2,29,37)/t11-,14-,16?,18?,20-,27-/m0/s1. The molecule has 3 aliphatic carbocycles. The van der Waals surface area contributed by atoms with E-state index in [9.17, 15) is 34.2 Å². The molecule has 2 unspecified atom stereocenters. The zero-order valence-electron chi connectivity index (χ0n) is 22.1. The summed E-state index contributed by atoms with van der Waals surface area (Å²) in [5.41, 5.74) is 2.20. The third kappa shape index (κ3) is 4.17. The number of benzene rings is 1. The van der Waals surface area contributed by atoms with Crippen molar-refractivity contribution in [2.75, 3.05) is 20.6 Å². The number of primary amides is 1. The van der Waals surface area contributed by atoms with E-state index in [1.54, 1.807) is 0 Å². The molecule has 10 nitrogen and oxygen atoms in total. The van der Waals surface area contributed by atoms with E-state index < -0.39 is 75.9 Å². The lowest BCUT2D eigenvalue weighted by molar-refractivity contribution is -0.181. The van der Waals surface area contributed by atoms with Crippen molar-refractivity contribution in [2.45, 2.75) is 51.8 Å². The van der Waals surface area contributed by atoms with Crippen molar-refractivity contribution in [1.82, 2.24) is 10.2 Å². The van der Waals surface area contributed by atoms with E-state index in [-0.39, 0.29) is 41.5 Å². The van der Waals surface area contributed by atoms with Crippen molar-refractivity contribution < 1.29 is 38.6 Å². The van der Waals surface area contributed by atoms with Crippen LogP contribution in [0.3, 0.4) is 0 Å². The number of carbonyl (C=O) groups excluding carboxylic acids is 5. The predicted molar refractivity (Wildman–Crippen MR) is 132 cm³/mol. The number of ketones is 4. The van der Waals surface area contributed by atoms with Gasteiger partial charge in [0.2, 0.25) is 5.91 Å². The molecule has 1 aromatic rings. The molecule has 0 heterocycles. The summed E-state index contributed by atoms with van der Waals surface area (Å²) >= 11 is 0. The zero-order chi connectivity index (χ0) is 28.5. The van der Waals surface area contributed by atoms with Gasteiger partial charge >= 0.3 is 0 Å². The number of phenolic OH excluding ortho intramolecular Hbond substituents is 1. The zero-order valence-corrected chi connectivity index (χ0v) is 22.1. The molecule has 11 heteroatoms. The molecule has 0 aromatic heterocycles. The van der Waals surface area contributed by atoms with Crippen LogP contribution in [0, 0.1) is 34.9 Å². The summed E-state index contributed by atoms with van der Waals surface area (Å²) in [5.74, 6) is -12.3. The van der Waals surface area contributed by atoms with Gasteiger partial charge in [-0.15, -0.1) is 0 Å². The summed E-state index contributed by atoms with van der Waals surface area (Å²) in [6, 6.07) is -0.0644. The van der Waals surface area contributed by atoms with Gasteiger partial charge in [-0.2, -0.15) is 0 Å². The van der Waals surface area contributed by atoms with Gasteiger partial charge in [0.15, 0.2) is 34.7 Å². The van der Waals surface area contributed by atoms with E-state index in [0.29, 0.717) is 6.54 Å². The topological polar surface area (TPSA) is 167 Å². The highest BCUT2D eigenvalue weighted by Gasteiger charge is 2.69. The molecular weight excluding hydrogens is 497 g/mol. The molecule has 0 radical (unpaired) electrons. The first kappa shape index (κ1) is 28.0. The number of nitrogens with zero attached hydrogens (tertiary/aromatic N) is 1. The number of rotatable bonds is 5. The van der Waals surface area contributed by atoms with Gasteiger partial charge in [0, 0.05) is 30.1 Å². The fourth-order valence-corrected chi connectivity index (χ4v) is 6.41. The van der Waals surface area contributed by atoms with Crippen molar-refractivity contribution in [1.29, 1.82) is 0 Å². The SMILES string of the molecule is CN(C)[C@@H]1C(=O)C(C(N)=O)C(=O)[C@@]2(O)C(=O)C3C(=O)c4c(O)cc(CNCC(C)(C)C)c(F)c4C[C@H]3C[C@@H]12. The van der Waals surface area contributed by atoms with Crippen molar-refractivity contribution in [3.05, 3.63) is 28.6 Å². The van der Waals surface area contributed by atoms with Crippen LogP contribution in [0.5, 0.6) is 5.75 Å². The number of nitrogens with two attached hydrogens (primary N) is 1. The van der Waals surface area contributed by atoms with Gasteiger partial charge in [-0.3, -0.25) is 28.9 Å². The summed E-state index contributed by atoms with van der Waals surface area (Å²) in [4.78, 5) is 67.0. The Morgan fingerprint density at radius 1 is 1.21 bits per heavy atom. The molecule has 2 saturated carbocycles. The second kappa shape index (κ2) is 9.32. The molecule has 0 saturated heterocycles. The molecule has 38 heavy (non-hydrogen) atoms. The highest BCUT2D eigenvalue weighted by molar-refractivity contribution is 6.32. The molecule has 0 spiro atoms. The lowest BCUT2D eigenvalue weighted by Gasteiger charge is -2.52. The van der Waals surface area contributed by atoms with E-state index in [0.717, 1.165) is 6.07 Å². The molecule has 6 atom stereocenters. The number of aliphatic hydroxyl groups is 1. The second-order valence-electron chi connectivity index (χ2n) is 12.2. The first-order valence-corrected chi connectivity index (χ1v) is 12.6. The van der Waals surface area contributed by atoms with Crippen LogP contribution in [0.4, 0.5) is 4.39 Å². The maximum atomic E-state index is 15.7. The van der Waals surface area contributed by atoms with Crippen LogP contribution in [0.1, 0.15) is 48.7 Å². The Hall–Kier alpha value is -3.02. The molecule has 5 N–H and O–H groups in total. The molecule has 1 amide bonds. The van der Waals surface area contributed by atoms with Gasteiger partial charge in [0.1, 0.15) is 11.6 Å². The third-order valence-electron chi connectivity index (χ3n) is 8.04. The van der Waals surface area contributed by atoms with Crippen molar-refractivity contribution in [3.63, 3.8) is 0 Å². The summed E-state index contributed by atoms with van der Waals surface area (Å²) in [5, 5.41) is 25.4. The average molecular weight is 532 g/mol. The van der Waals surface area contributed by atoms with Gasteiger partial charge in [0.05, 0.1) is 17.5 Å². The molecule has 3 aliphatic rings. The number of aromatic hydroxyl groups is 1. The van der Waals surface area contributed by atoms with Gasteiger partial charge < -0.3 is 21.3 Å². The number of nitrogens with one attached hydrogen (secondary N) is 1. The number of phenols is 1. The van der Waals surface area contributed by atoms with Crippen LogP contribution in [0.2, 0.25) is 0 Å². The lowest BCUT2D eigenvalue weighted by atomic mass is 9.52. The first-order chi connectivity index (χ1) is 17.5. The number of fused-ring (bicyclic) bond motifs is 3. The highest BCUT2D eigenvalue weighted by Crippen LogP contribution is 2.51. The minimum Gasteiger partial charge on any atom is -0.507 e. The quantitative estimate of drug-likeness (QED) is 0.387. The van der Waals surface area contributed by atoms with E-state index in [1.165, 1.54) is 19.0 Å². The molecule has 1 aromatic carbocycles. The van der Waals surface area contributed by atoms with E-state index >= 15 is 4.39 Å². The molecule has 0 bridgehead atoms. The van der Waals surface area contributed by atoms with Crippen LogP contribution >= 0.6 is 0 Å². The fraction of sp³-hybridized carbons (Fsp3) is 0.593. The van der Waals surface area contributed by atoms with Crippen LogP contribution in [-0.2, 0) is 32.1 Å². The maximum absolute atomic E-state index is 15.7. The number of amides is 1. The normalized spacial score (nSPS) is 31.2. The molecule has 4 rings (SSSR count). The largest absolute Gasteiger partial charge is 0.507 e. The Morgan fingerprint density at radius 2 is 1.84 bits per heavy atom. The number of likely N-dealkylation sites (N-methyl/N-ethyl adjacent to an activating group) is 1. The Balaban J connectivity index is 1.77. The minimum atomic E-state index is -2.80. The van der Waals surface area contributed by atoms with Gasteiger partial charge in [-0.25, -0.2) is 4.39 Å².